The summed E-state index contributed by atoms with van der Waals surface area (Å²) < 4.78 is 51.4. The third kappa shape index (κ3) is 9.40. The minimum Gasteiger partial charge on any atom is -0.379 e. The van der Waals surface area contributed by atoms with E-state index in [4.69, 9.17) is 18.5 Å². The first-order chi connectivity index (χ1) is 23.4. The molecule has 4 aromatic carbocycles. The highest BCUT2D eigenvalue weighted by molar-refractivity contribution is 7.84. The van der Waals surface area contributed by atoms with Gasteiger partial charge in [0.25, 0.3) is 11.0 Å². The number of hydrogen-bond acceptors (Lipinski definition) is 8. The van der Waals surface area contributed by atoms with E-state index in [1.165, 1.54) is 0 Å². The quantitative estimate of drug-likeness (QED) is 0.0755. The van der Waals surface area contributed by atoms with Gasteiger partial charge in [0, 0.05) is 28.3 Å². The van der Waals surface area contributed by atoms with Gasteiger partial charge in [-0.25, -0.2) is 0 Å². The highest BCUT2D eigenvalue weighted by Crippen LogP contribution is 2.51. The van der Waals surface area contributed by atoms with Gasteiger partial charge in [-0.05, 0) is 94.5 Å². The zero-order chi connectivity index (χ0) is 35.6. The van der Waals surface area contributed by atoms with Crippen molar-refractivity contribution in [2.45, 2.75) is 48.0 Å². The van der Waals surface area contributed by atoms with Crippen LogP contribution in [0.15, 0.2) is 84.9 Å². The van der Waals surface area contributed by atoms with Crippen molar-refractivity contribution in [2.75, 3.05) is 39.6 Å². The van der Waals surface area contributed by atoms with Gasteiger partial charge < -0.3 is 18.5 Å². The summed E-state index contributed by atoms with van der Waals surface area (Å²) in [7, 11) is -7.79. The second-order valence-electron chi connectivity index (χ2n) is 12.2. The molecule has 0 bridgehead atoms. The standard InChI is InChI=1S/C39H46O8P2/c1-28-24-30(3)36(31(4)25-28)38(40)48(42,34-14-9-7-10-15-34)46-19-13-18-44-20-21-45-22-23-47-49(43,35-16-11-8-12-17-35)39(41)37-32(5)26-29(2)27-33(37)6/h7-12,14-17,24-27H,13,18-23H2,1-6H3. The summed E-state index contributed by atoms with van der Waals surface area (Å²) >= 11 is 0. The van der Waals surface area contributed by atoms with Crippen molar-refractivity contribution in [1.82, 2.24) is 0 Å². The Morgan fingerprint density at radius 3 is 1.24 bits per heavy atom. The van der Waals surface area contributed by atoms with Crippen molar-refractivity contribution in [3.63, 3.8) is 0 Å². The van der Waals surface area contributed by atoms with E-state index in [9.17, 15) is 18.7 Å². The highest BCUT2D eigenvalue weighted by atomic mass is 31.2. The van der Waals surface area contributed by atoms with Crippen LogP contribution in [0.1, 0.15) is 60.5 Å². The normalized spacial score (nSPS) is 13.8. The van der Waals surface area contributed by atoms with Gasteiger partial charge in [0.15, 0.2) is 0 Å². The molecule has 0 radical (unpaired) electrons. The number of rotatable bonds is 18. The van der Waals surface area contributed by atoms with Crippen LogP contribution in [0.3, 0.4) is 0 Å². The number of aryl methyl sites for hydroxylation is 6. The second-order valence-corrected chi connectivity index (χ2v) is 16.7. The average molecular weight is 705 g/mol. The van der Waals surface area contributed by atoms with E-state index in [0.29, 0.717) is 34.8 Å². The summed E-state index contributed by atoms with van der Waals surface area (Å²) in [4.78, 5) is 27.4. The predicted octanol–water partition coefficient (Wildman–Crippen LogP) is 8.18. The molecular weight excluding hydrogens is 658 g/mol. The summed E-state index contributed by atoms with van der Waals surface area (Å²) in [5.41, 5.74) is 4.91. The van der Waals surface area contributed by atoms with E-state index in [0.717, 1.165) is 33.4 Å². The van der Waals surface area contributed by atoms with E-state index in [1.807, 2.05) is 65.8 Å². The Kier molecular flexibility index (Phi) is 13.6. The van der Waals surface area contributed by atoms with Crippen LogP contribution in [0.4, 0.5) is 0 Å². The number of hydrogen-bond donors (Lipinski definition) is 0. The molecule has 0 amide bonds. The molecule has 0 fully saturated rings. The zero-order valence-corrected chi connectivity index (χ0v) is 31.0. The van der Waals surface area contributed by atoms with Crippen molar-refractivity contribution in [2.24, 2.45) is 0 Å². The fourth-order valence-electron chi connectivity index (χ4n) is 5.98. The van der Waals surface area contributed by atoms with Crippen LogP contribution in [0.2, 0.25) is 0 Å². The largest absolute Gasteiger partial charge is 0.379 e. The van der Waals surface area contributed by atoms with Crippen molar-refractivity contribution < 1.29 is 37.2 Å². The molecule has 0 aliphatic rings. The molecular formula is C39H46O8P2. The Labute approximate surface area is 290 Å². The Bertz CT molecular complexity index is 1670. The topological polar surface area (TPSA) is 105 Å². The lowest BCUT2D eigenvalue weighted by Gasteiger charge is -2.20. The minimum atomic E-state index is -3.91. The van der Waals surface area contributed by atoms with Crippen LogP contribution in [0.25, 0.3) is 0 Å². The van der Waals surface area contributed by atoms with Crippen molar-refractivity contribution in [1.29, 1.82) is 0 Å². The fourth-order valence-corrected chi connectivity index (χ4v) is 10.1. The van der Waals surface area contributed by atoms with Gasteiger partial charge in [-0.2, -0.15) is 0 Å². The smallest absolute Gasteiger partial charge is 0.300 e. The molecule has 0 aromatic heterocycles. The van der Waals surface area contributed by atoms with Crippen molar-refractivity contribution >= 4 is 36.4 Å². The molecule has 0 saturated carbocycles. The van der Waals surface area contributed by atoms with Crippen LogP contribution in [-0.2, 0) is 27.7 Å². The zero-order valence-electron chi connectivity index (χ0n) is 29.2. The van der Waals surface area contributed by atoms with Crippen molar-refractivity contribution in [3.05, 3.63) is 129 Å². The van der Waals surface area contributed by atoms with E-state index in [1.54, 1.807) is 60.7 Å². The number of carbonyl (C=O) groups excluding carboxylic acids is 2. The van der Waals surface area contributed by atoms with Crippen LogP contribution >= 0.6 is 14.7 Å². The van der Waals surface area contributed by atoms with Gasteiger partial charge in [0.1, 0.15) is 0 Å². The predicted molar refractivity (Wildman–Crippen MR) is 195 cm³/mol. The first-order valence-corrected chi connectivity index (χ1v) is 19.6. The lowest BCUT2D eigenvalue weighted by molar-refractivity contribution is 0.0336. The van der Waals surface area contributed by atoms with E-state index >= 15 is 0 Å². The molecule has 4 rings (SSSR count). The fraction of sp³-hybridized carbons (Fsp3) is 0.333. The minimum absolute atomic E-state index is 0.0432. The first kappa shape index (κ1) is 38.3. The third-order valence-corrected chi connectivity index (χ3v) is 12.7. The molecule has 0 spiro atoms. The summed E-state index contributed by atoms with van der Waals surface area (Å²) in [6.07, 6.45) is 0.416. The highest BCUT2D eigenvalue weighted by Gasteiger charge is 2.39. The van der Waals surface area contributed by atoms with Gasteiger partial charge in [-0.15, -0.1) is 0 Å². The van der Waals surface area contributed by atoms with Gasteiger partial charge in [-0.1, -0.05) is 71.8 Å². The number of ether oxygens (including phenoxy) is 2. The summed E-state index contributed by atoms with van der Waals surface area (Å²) in [6, 6.07) is 24.8. The molecule has 2 atom stereocenters. The van der Waals surface area contributed by atoms with Gasteiger partial charge >= 0.3 is 14.7 Å². The molecule has 10 heteroatoms. The van der Waals surface area contributed by atoms with Gasteiger partial charge in [0.05, 0.1) is 33.0 Å². The summed E-state index contributed by atoms with van der Waals surface area (Å²) in [5.74, 6) is 0. The Balaban J connectivity index is 1.25. The van der Waals surface area contributed by atoms with Gasteiger partial charge in [0.2, 0.25) is 0 Å². The molecule has 49 heavy (non-hydrogen) atoms. The monoisotopic (exact) mass is 704 g/mol. The second kappa shape index (κ2) is 17.4. The van der Waals surface area contributed by atoms with Crippen LogP contribution in [-0.4, -0.2) is 50.7 Å². The summed E-state index contributed by atoms with van der Waals surface area (Å²) in [6.45, 7) is 12.3. The molecule has 8 nitrogen and oxygen atoms in total. The maximum absolute atomic E-state index is 14.2. The molecule has 0 saturated heterocycles. The lowest BCUT2D eigenvalue weighted by atomic mass is 10.0. The molecule has 260 valence electrons. The van der Waals surface area contributed by atoms with E-state index in [-0.39, 0.29) is 33.0 Å². The Hall–Kier alpha value is -3.48. The average Bonchev–Trinajstić information content (AvgIpc) is 3.06. The number of benzene rings is 4. The van der Waals surface area contributed by atoms with Crippen LogP contribution in [0, 0.1) is 41.5 Å². The van der Waals surface area contributed by atoms with Crippen molar-refractivity contribution in [3.8, 4) is 0 Å². The first-order valence-electron chi connectivity index (χ1n) is 16.4. The maximum atomic E-state index is 14.2. The summed E-state index contributed by atoms with van der Waals surface area (Å²) in [5, 5.41) is 0.700. The lowest BCUT2D eigenvalue weighted by Crippen LogP contribution is -2.19. The van der Waals surface area contributed by atoms with Gasteiger partial charge in [-0.3, -0.25) is 18.7 Å². The van der Waals surface area contributed by atoms with Crippen LogP contribution < -0.4 is 10.6 Å². The molecule has 0 aliphatic carbocycles. The SMILES string of the molecule is Cc1cc(C)c(C(=O)P(=O)(OCCCOCCOCCOP(=O)(C(=O)c2c(C)cc(C)cc2C)c2ccccc2)c2ccccc2)c(C)c1. The maximum Gasteiger partial charge on any atom is 0.300 e. The van der Waals surface area contributed by atoms with E-state index in [2.05, 4.69) is 0 Å². The Morgan fingerprint density at radius 2 is 0.837 bits per heavy atom. The van der Waals surface area contributed by atoms with E-state index < -0.39 is 25.8 Å². The molecule has 0 N–H and O–H groups in total. The molecule has 2 unspecified atom stereocenters. The third-order valence-electron chi connectivity index (χ3n) is 8.09. The molecule has 0 aliphatic heterocycles. The van der Waals surface area contributed by atoms with Crippen LogP contribution in [0.5, 0.6) is 0 Å². The molecule has 0 heterocycles. The Morgan fingerprint density at radius 1 is 0.490 bits per heavy atom. The number of carbonyl (C=O) groups is 2. The molecule has 4 aromatic rings.